The summed E-state index contributed by atoms with van der Waals surface area (Å²) in [5, 5.41) is 3.67. The van der Waals surface area contributed by atoms with E-state index in [9.17, 15) is 31.2 Å². The monoisotopic (exact) mass is 478 g/mol. The first-order chi connectivity index (χ1) is 14.9. The lowest BCUT2D eigenvalue weighted by Gasteiger charge is -2.14. The predicted molar refractivity (Wildman–Crippen MR) is 105 cm³/mol. The lowest BCUT2D eigenvalue weighted by atomic mass is 10.1. The summed E-state index contributed by atoms with van der Waals surface area (Å²) >= 11 is 0. The van der Waals surface area contributed by atoms with Crippen LogP contribution in [0.15, 0.2) is 30.3 Å². The molecule has 1 aromatic heterocycles. The van der Waals surface area contributed by atoms with Crippen molar-refractivity contribution in [3.05, 3.63) is 35.9 Å². The highest BCUT2D eigenvalue weighted by atomic mass is 32.2. The Balaban J connectivity index is 2.11. The van der Waals surface area contributed by atoms with Crippen LogP contribution in [0.25, 0.3) is 0 Å². The fraction of sp³-hybridized carbons (Fsp3) is 0.250. The molecule has 0 aliphatic heterocycles. The van der Waals surface area contributed by atoms with Crippen molar-refractivity contribution in [2.24, 2.45) is 0 Å². The molecule has 174 valence electrons. The van der Waals surface area contributed by atoms with Crippen LogP contribution < -0.4 is 29.6 Å². The number of amides is 3. The molecule has 0 aliphatic carbocycles. The van der Waals surface area contributed by atoms with E-state index in [0.29, 0.717) is 0 Å². The molecule has 0 atom stereocenters. The number of rotatable bonds is 8. The first kappa shape index (κ1) is 24.4. The van der Waals surface area contributed by atoms with Crippen LogP contribution in [-0.2, 0) is 10.2 Å². The van der Waals surface area contributed by atoms with Crippen molar-refractivity contribution in [3.63, 3.8) is 0 Å². The van der Waals surface area contributed by atoms with Crippen molar-refractivity contribution >= 4 is 33.8 Å². The molecular formula is C16H17F3N6O6S. The molecule has 0 saturated carbocycles. The van der Waals surface area contributed by atoms with E-state index in [1.165, 1.54) is 32.4 Å². The van der Waals surface area contributed by atoms with E-state index in [1.807, 2.05) is 4.72 Å². The van der Waals surface area contributed by atoms with Gasteiger partial charge in [0, 0.05) is 0 Å². The molecule has 12 nitrogen and oxygen atoms in total. The van der Waals surface area contributed by atoms with E-state index in [1.54, 1.807) is 10.0 Å². The number of urea groups is 1. The maximum absolute atomic E-state index is 12.3. The standard InChI is InChI=1S/C16H17F3N6O6S/c1-30-11-7-12(31-2)22-14(21-11)23-15(27)25-32(28,29)24-10-6-4-3-5-9(10)13(26)20-8-16(17,18)19/h3-7,24H,8H2,1-2H3,(H,20,26)(H2,21,22,23,25,27). The van der Waals surface area contributed by atoms with Gasteiger partial charge in [-0.3, -0.25) is 14.8 Å². The number of halogens is 3. The van der Waals surface area contributed by atoms with Gasteiger partial charge in [0.1, 0.15) is 6.54 Å². The molecule has 0 radical (unpaired) electrons. The van der Waals surface area contributed by atoms with Crippen molar-refractivity contribution < 1.29 is 40.7 Å². The number of nitrogens with one attached hydrogen (secondary N) is 4. The minimum Gasteiger partial charge on any atom is -0.481 e. The van der Waals surface area contributed by atoms with Crippen molar-refractivity contribution in [3.8, 4) is 11.8 Å². The van der Waals surface area contributed by atoms with Gasteiger partial charge < -0.3 is 14.8 Å². The van der Waals surface area contributed by atoms with E-state index < -0.39 is 40.4 Å². The quantitative estimate of drug-likeness (QED) is 0.441. The van der Waals surface area contributed by atoms with Crippen molar-refractivity contribution in [2.75, 3.05) is 30.8 Å². The summed E-state index contributed by atoms with van der Waals surface area (Å²) in [5.41, 5.74) is -0.768. The third-order valence-corrected chi connectivity index (χ3v) is 4.36. The van der Waals surface area contributed by atoms with Crippen molar-refractivity contribution in [1.29, 1.82) is 0 Å². The lowest BCUT2D eigenvalue weighted by Crippen LogP contribution is -2.39. The van der Waals surface area contributed by atoms with E-state index in [0.717, 1.165) is 12.1 Å². The molecule has 0 aliphatic rings. The van der Waals surface area contributed by atoms with Gasteiger partial charge in [0.15, 0.2) is 0 Å². The third kappa shape index (κ3) is 7.46. The normalized spacial score (nSPS) is 11.3. The highest BCUT2D eigenvalue weighted by molar-refractivity contribution is 7.91. The summed E-state index contributed by atoms with van der Waals surface area (Å²) in [5.74, 6) is -1.48. The molecule has 0 bridgehead atoms. The first-order valence-electron chi connectivity index (χ1n) is 8.45. The van der Waals surface area contributed by atoms with Gasteiger partial charge in [0.05, 0.1) is 31.5 Å². The Morgan fingerprint density at radius 2 is 1.66 bits per heavy atom. The average Bonchev–Trinajstić information content (AvgIpc) is 2.70. The number of aromatic nitrogens is 2. The highest BCUT2D eigenvalue weighted by Crippen LogP contribution is 2.19. The molecule has 0 spiro atoms. The predicted octanol–water partition coefficient (Wildman–Crippen LogP) is 1.26. The minimum atomic E-state index is -4.66. The summed E-state index contributed by atoms with van der Waals surface area (Å²) in [7, 11) is -2.03. The summed E-state index contributed by atoms with van der Waals surface area (Å²) in [6.45, 7) is -1.61. The maximum Gasteiger partial charge on any atom is 0.405 e. The zero-order chi connectivity index (χ0) is 23.9. The second-order valence-corrected chi connectivity index (χ2v) is 7.20. The molecule has 1 heterocycles. The third-order valence-electron chi connectivity index (χ3n) is 3.42. The zero-order valence-corrected chi connectivity index (χ0v) is 17.3. The van der Waals surface area contributed by atoms with Gasteiger partial charge in [-0.25, -0.2) is 9.52 Å². The number of hydrogen-bond donors (Lipinski definition) is 4. The number of benzene rings is 1. The van der Waals surface area contributed by atoms with Crippen LogP contribution >= 0.6 is 0 Å². The van der Waals surface area contributed by atoms with Crippen molar-refractivity contribution in [1.82, 2.24) is 20.0 Å². The Bertz CT molecular complexity index is 1070. The zero-order valence-electron chi connectivity index (χ0n) is 16.5. The second kappa shape index (κ2) is 9.99. The number of carbonyl (C=O) groups is 2. The van der Waals surface area contributed by atoms with Crippen molar-refractivity contribution in [2.45, 2.75) is 6.18 Å². The molecule has 2 rings (SSSR count). The van der Waals surface area contributed by atoms with E-state index in [4.69, 9.17) is 9.47 Å². The van der Waals surface area contributed by atoms with Crippen LogP contribution in [0.4, 0.5) is 29.6 Å². The largest absolute Gasteiger partial charge is 0.481 e. The molecule has 2 aromatic rings. The molecule has 4 N–H and O–H groups in total. The minimum absolute atomic E-state index is 0.0203. The summed E-state index contributed by atoms with van der Waals surface area (Å²) in [6.07, 6.45) is -4.66. The van der Waals surface area contributed by atoms with Crippen LogP contribution in [0.5, 0.6) is 11.8 Å². The van der Waals surface area contributed by atoms with E-state index in [-0.39, 0.29) is 23.4 Å². The molecule has 0 unspecified atom stereocenters. The Morgan fingerprint density at radius 3 is 2.22 bits per heavy atom. The van der Waals surface area contributed by atoms with E-state index in [2.05, 4.69) is 15.3 Å². The van der Waals surface area contributed by atoms with E-state index >= 15 is 0 Å². The number of para-hydroxylation sites is 1. The summed E-state index contributed by atoms with van der Waals surface area (Å²) in [6, 6.07) is 4.88. The number of nitrogens with zero attached hydrogens (tertiary/aromatic N) is 2. The summed E-state index contributed by atoms with van der Waals surface area (Å²) < 4.78 is 74.7. The van der Waals surface area contributed by atoms with Crippen LogP contribution in [0.2, 0.25) is 0 Å². The number of alkyl halides is 3. The smallest absolute Gasteiger partial charge is 0.405 e. The van der Waals surface area contributed by atoms with Gasteiger partial charge in [-0.15, -0.1) is 0 Å². The number of anilines is 2. The number of methoxy groups -OCH3 is 2. The molecule has 0 fully saturated rings. The van der Waals surface area contributed by atoms with Gasteiger partial charge in [0.25, 0.3) is 5.91 Å². The maximum atomic E-state index is 12.3. The Morgan fingerprint density at radius 1 is 1.06 bits per heavy atom. The van der Waals surface area contributed by atoms with Gasteiger partial charge in [0.2, 0.25) is 17.7 Å². The molecule has 32 heavy (non-hydrogen) atoms. The molecular weight excluding hydrogens is 461 g/mol. The fourth-order valence-electron chi connectivity index (χ4n) is 2.13. The average molecular weight is 478 g/mol. The van der Waals surface area contributed by atoms with Crippen LogP contribution in [0.3, 0.4) is 0 Å². The number of hydrogen-bond acceptors (Lipinski definition) is 8. The molecule has 16 heteroatoms. The van der Waals surface area contributed by atoms with Gasteiger partial charge >= 0.3 is 22.4 Å². The van der Waals surface area contributed by atoms with Gasteiger partial charge in [-0.2, -0.15) is 31.6 Å². The van der Waals surface area contributed by atoms with Crippen LogP contribution in [0.1, 0.15) is 10.4 Å². The summed E-state index contributed by atoms with van der Waals surface area (Å²) in [4.78, 5) is 31.6. The number of carbonyl (C=O) groups excluding carboxylic acids is 2. The SMILES string of the molecule is COc1cc(OC)nc(NC(=O)NS(=O)(=O)Nc2ccccc2C(=O)NCC(F)(F)F)n1. The Labute approximate surface area is 179 Å². The van der Waals surface area contributed by atoms with Crippen LogP contribution in [-0.4, -0.2) is 57.3 Å². The Hall–Kier alpha value is -3.82. The molecule has 1 aromatic carbocycles. The fourth-order valence-corrected chi connectivity index (χ4v) is 2.95. The number of ether oxygens (including phenoxy) is 2. The first-order valence-corrected chi connectivity index (χ1v) is 9.93. The highest BCUT2D eigenvalue weighted by Gasteiger charge is 2.28. The lowest BCUT2D eigenvalue weighted by molar-refractivity contribution is -0.123. The van der Waals surface area contributed by atoms with Gasteiger partial charge in [-0.05, 0) is 12.1 Å². The van der Waals surface area contributed by atoms with Crippen LogP contribution in [0, 0.1) is 0 Å². The van der Waals surface area contributed by atoms with Gasteiger partial charge in [-0.1, -0.05) is 12.1 Å². The molecule has 0 saturated heterocycles. The Kier molecular flexibility index (Phi) is 7.63. The second-order valence-electron chi connectivity index (χ2n) is 5.78. The molecule has 3 amide bonds. The topological polar surface area (TPSA) is 161 Å².